The van der Waals surface area contributed by atoms with Gasteiger partial charge in [0.2, 0.25) is 10.0 Å². The zero-order chi connectivity index (χ0) is 50.5. The van der Waals surface area contributed by atoms with E-state index in [1.165, 1.54) is 42.5 Å². The topological polar surface area (TPSA) is 180 Å². The zero-order valence-corrected chi connectivity index (χ0v) is 41.3. The number of esters is 1. The normalized spacial score (nSPS) is 20.8. The van der Waals surface area contributed by atoms with Crippen LogP contribution in [0.1, 0.15) is 89.7 Å². The molecular formula is C52H53Cl2F2N5O10S. The maximum Gasteiger partial charge on any atom is 0.408 e. The van der Waals surface area contributed by atoms with Crippen LogP contribution in [-0.2, 0) is 30.7 Å². The molecule has 10 rings (SSSR count). The molecule has 5 heterocycles. The molecule has 15 nitrogen and oxygen atoms in total. The van der Waals surface area contributed by atoms with Gasteiger partial charge in [-0.05, 0) is 129 Å². The van der Waals surface area contributed by atoms with Crippen molar-refractivity contribution in [1.29, 1.82) is 0 Å². The van der Waals surface area contributed by atoms with Gasteiger partial charge in [0.25, 0.3) is 5.91 Å². The molecule has 20 heteroatoms. The largest absolute Gasteiger partial charge is 0.619 e. The molecule has 1 saturated carbocycles. The van der Waals surface area contributed by atoms with E-state index in [2.05, 4.69) is 15.5 Å². The fourth-order valence-electron chi connectivity index (χ4n) is 9.58. The second-order valence-corrected chi connectivity index (χ2v) is 21.3. The number of nitrogens with one attached hydrogen (secondary N) is 2. The van der Waals surface area contributed by atoms with Gasteiger partial charge in [-0.25, -0.2) is 13.2 Å². The minimum absolute atomic E-state index is 0.0199. The van der Waals surface area contributed by atoms with E-state index in [0.717, 1.165) is 61.0 Å². The lowest BCUT2D eigenvalue weighted by Crippen LogP contribution is -2.52. The number of hydrogen-bond donors (Lipinski definition) is 2. The molecule has 4 saturated heterocycles. The summed E-state index contributed by atoms with van der Waals surface area (Å²) in [6, 6.07) is 24.0. The highest BCUT2D eigenvalue weighted by molar-refractivity contribution is 7.89. The number of carbonyl (C=O) groups excluding carboxylic acids is 3. The van der Waals surface area contributed by atoms with Crippen molar-refractivity contribution in [3.8, 4) is 11.5 Å². The number of benzene rings is 4. The number of pyridine rings is 1. The number of aromatic nitrogens is 1. The Bertz CT molecular complexity index is 2870. The van der Waals surface area contributed by atoms with Crippen LogP contribution in [-0.4, -0.2) is 87.1 Å². The predicted molar refractivity (Wildman–Crippen MR) is 262 cm³/mol. The Hall–Kier alpha value is -6.05. The summed E-state index contributed by atoms with van der Waals surface area (Å²) in [4.78, 5) is 43.8. The van der Waals surface area contributed by atoms with Gasteiger partial charge < -0.3 is 34.8 Å². The van der Waals surface area contributed by atoms with Crippen LogP contribution in [0.2, 0.25) is 10.0 Å². The second kappa shape index (κ2) is 22.4. The number of ether oxygens (including phenoxy) is 4. The first kappa shape index (κ1) is 50.9. The van der Waals surface area contributed by atoms with Crippen LogP contribution in [0, 0.1) is 17.0 Å². The van der Waals surface area contributed by atoms with Crippen molar-refractivity contribution in [2.24, 2.45) is 11.8 Å². The fourth-order valence-corrected chi connectivity index (χ4v) is 11.9. The molecule has 0 radical (unpaired) electrons. The van der Waals surface area contributed by atoms with E-state index in [4.69, 9.17) is 42.1 Å². The molecule has 72 heavy (non-hydrogen) atoms. The number of nitrogens with zero attached hydrogens (tertiary/aromatic N) is 3. The van der Waals surface area contributed by atoms with Gasteiger partial charge in [-0.15, -0.1) is 0 Å². The molecule has 4 aromatic carbocycles. The first-order chi connectivity index (χ1) is 34.7. The summed E-state index contributed by atoms with van der Waals surface area (Å²) in [6.07, 6.45) is 4.78. The van der Waals surface area contributed by atoms with Crippen molar-refractivity contribution in [2.45, 2.75) is 87.2 Å². The Balaban J connectivity index is 0.928. The van der Waals surface area contributed by atoms with E-state index < -0.39 is 52.8 Å². The van der Waals surface area contributed by atoms with Gasteiger partial charge in [-0.3, -0.25) is 14.5 Å². The molecule has 4 atom stereocenters. The number of alkyl carbamates (subject to hydrolysis) is 1. The smallest absolute Gasteiger partial charge is 0.408 e. The molecule has 5 fully saturated rings. The van der Waals surface area contributed by atoms with Gasteiger partial charge in [-0.1, -0.05) is 77.8 Å². The summed E-state index contributed by atoms with van der Waals surface area (Å²) >= 11 is 12.9. The number of hydrogen-bond acceptors (Lipinski definition) is 11. The molecule has 5 aromatic rings. The lowest BCUT2D eigenvalue weighted by Gasteiger charge is -2.43. The summed E-state index contributed by atoms with van der Waals surface area (Å²) in [5.41, 5.74) is 2.37. The molecule has 2 bridgehead atoms. The fraction of sp³-hybridized carbons (Fsp3) is 0.385. The van der Waals surface area contributed by atoms with Crippen LogP contribution in [0.25, 0.3) is 0 Å². The van der Waals surface area contributed by atoms with Gasteiger partial charge in [-0.2, -0.15) is 17.8 Å². The van der Waals surface area contributed by atoms with Gasteiger partial charge in [0, 0.05) is 36.3 Å². The van der Waals surface area contributed by atoms with E-state index in [9.17, 15) is 36.8 Å². The van der Waals surface area contributed by atoms with Crippen molar-refractivity contribution < 1.29 is 55.3 Å². The van der Waals surface area contributed by atoms with E-state index in [-0.39, 0.29) is 81.1 Å². The highest BCUT2D eigenvalue weighted by Gasteiger charge is 2.41. The molecule has 1 aliphatic carbocycles. The van der Waals surface area contributed by atoms with Crippen molar-refractivity contribution >= 4 is 56.9 Å². The van der Waals surface area contributed by atoms with Gasteiger partial charge in [0.1, 0.15) is 28.3 Å². The minimum atomic E-state index is -4.46. The van der Waals surface area contributed by atoms with E-state index in [1.54, 1.807) is 18.2 Å². The third kappa shape index (κ3) is 12.2. The number of anilines is 1. The standard InChI is InChI=1S/C52H53Cl2F2N5O10S/c53-41-28-60(65)29-42(54)40(41)27-45(35-17-18-44(70-51(55)56)46(26-35)68-31-32-15-16-32)69-50(63)43-14-4-5-21-61(43)72(66,67)39-13-7-11-37(25-39)49(62)57-38-12-6-10-36(24-38)48(34-8-2-1-3-9-34)58-52(64)71-47-30-59-22-19-33(47)20-23-59/h1-3,6-13,17-18,24-26,28-29,32-33,43,45,47-48,51H,4-5,14-16,19-23,27,30-31H2,(H,57,62)(H,58,64)/t43-,45-,47+,48-/m0/s1. The summed E-state index contributed by atoms with van der Waals surface area (Å²) in [7, 11) is -4.46. The maximum absolute atomic E-state index is 14.6. The first-order valence-electron chi connectivity index (χ1n) is 23.9. The van der Waals surface area contributed by atoms with Crippen molar-refractivity contribution in [2.75, 3.05) is 38.1 Å². The first-order valence-corrected chi connectivity index (χ1v) is 26.1. The highest BCUT2D eigenvalue weighted by Crippen LogP contribution is 2.39. The predicted octanol–water partition coefficient (Wildman–Crippen LogP) is 9.25. The van der Waals surface area contributed by atoms with Crippen molar-refractivity contribution in [3.05, 3.63) is 153 Å². The summed E-state index contributed by atoms with van der Waals surface area (Å²) in [5, 5.41) is 18.0. The average molecular weight is 1050 g/mol. The maximum atomic E-state index is 14.6. The minimum Gasteiger partial charge on any atom is -0.619 e. The third-order valence-corrected chi connectivity index (χ3v) is 16.1. The van der Waals surface area contributed by atoms with Crippen LogP contribution in [0.5, 0.6) is 11.5 Å². The Labute approximate surface area is 425 Å². The Morgan fingerprint density at radius 2 is 1.54 bits per heavy atom. The van der Waals surface area contributed by atoms with Crippen LogP contribution in [0.3, 0.4) is 0 Å². The number of fused-ring (bicyclic) bond motifs is 3. The third-order valence-electron chi connectivity index (χ3n) is 13.6. The van der Waals surface area contributed by atoms with E-state index >= 15 is 0 Å². The van der Waals surface area contributed by atoms with E-state index in [0.29, 0.717) is 41.3 Å². The zero-order valence-electron chi connectivity index (χ0n) is 39.0. The molecule has 2 N–H and O–H groups in total. The Kier molecular flexibility index (Phi) is 15.8. The molecule has 0 unspecified atom stereocenters. The average Bonchev–Trinajstić information content (AvgIpc) is 4.21. The lowest BCUT2D eigenvalue weighted by atomic mass is 9.86. The van der Waals surface area contributed by atoms with Crippen LogP contribution < -0.4 is 24.8 Å². The Morgan fingerprint density at radius 1 is 0.806 bits per heavy atom. The molecule has 0 spiro atoms. The van der Waals surface area contributed by atoms with E-state index in [1.807, 2.05) is 36.4 Å². The number of amides is 2. The number of sulfonamides is 1. The summed E-state index contributed by atoms with van der Waals surface area (Å²) in [6.45, 7) is -0.237. The van der Waals surface area contributed by atoms with Crippen LogP contribution >= 0.6 is 23.2 Å². The number of alkyl halides is 2. The second-order valence-electron chi connectivity index (χ2n) is 18.6. The summed E-state index contributed by atoms with van der Waals surface area (Å²) in [5.74, 6) is -1.22. The van der Waals surface area contributed by atoms with Gasteiger partial charge in [0.05, 0.1) is 17.5 Å². The number of rotatable bonds is 18. The van der Waals surface area contributed by atoms with Crippen LogP contribution in [0.4, 0.5) is 19.3 Å². The molecule has 4 aliphatic heterocycles. The monoisotopic (exact) mass is 1050 g/mol. The lowest BCUT2D eigenvalue weighted by molar-refractivity contribution is -0.605. The van der Waals surface area contributed by atoms with Crippen LogP contribution in [0.15, 0.2) is 114 Å². The number of halogens is 4. The quantitative estimate of drug-likeness (QED) is 0.0485. The molecular weight excluding hydrogens is 996 g/mol. The van der Waals surface area contributed by atoms with Gasteiger partial charge >= 0.3 is 18.7 Å². The molecule has 2 amide bonds. The van der Waals surface area contributed by atoms with Crippen molar-refractivity contribution in [1.82, 2.24) is 14.5 Å². The Morgan fingerprint density at radius 3 is 2.25 bits per heavy atom. The van der Waals surface area contributed by atoms with Gasteiger partial charge in [0.15, 0.2) is 23.9 Å². The number of carbonyl (C=O) groups is 3. The SMILES string of the molecule is O=C(N[C@@H](c1ccccc1)c1cccc(NC(=O)c2cccc(S(=O)(=O)N3CCCC[C@H]3C(=O)O[C@@H](Cc3c(Cl)c[n+]([O-])cc3Cl)c3ccc(OC(F)F)c(OCC4CC4)c3)c2)c1)O[C@@H]1CN2CCC1CC2. The number of piperidine rings is 4. The molecule has 380 valence electrons. The molecule has 1 aromatic heterocycles. The molecule has 5 aliphatic rings. The van der Waals surface area contributed by atoms with Crippen molar-refractivity contribution in [3.63, 3.8) is 0 Å². The summed E-state index contributed by atoms with van der Waals surface area (Å²) < 4.78 is 80.3. The highest BCUT2D eigenvalue weighted by atomic mass is 35.5.